The molecule has 0 aromatic rings. The lowest BCUT2D eigenvalue weighted by Gasteiger charge is -2.09. The number of amides is 2. The normalized spacial score (nSPS) is 13.6. The van der Waals surface area contributed by atoms with E-state index in [2.05, 4.69) is 10.6 Å². The smallest absolute Gasteiger partial charge is 0.248 e. The fourth-order valence-electron chi connectivity index (χ4n) is 1.11. The Bertz CT molecular complexity index is 255. The second-order valence-electron chi connectivity index (χ2n) is 4.16. The number of ether oxygens (including phenoxy) is 2. The van der Waals surface area contributed by atoms with Gasteiger partial charge in [0, 0.05) is 13.1 Å². The number of carbonyl (C=O) groups is 2. The summed E-state index contributed by atoms with van der Waals surface area (Å²) < 4.78 is 10.4. The van der Waals surface area contributed by atoms with Gasteiger partial charge in [-0.25, -0.2) is 0 Å². The van der Waals surface area contributed by atoms with E-state index in [0.29, 0.717) is 39.5 Å². The molecule has 0 aliphatic rings. The minimum Gasteiger partial charge on any atom is -0.384 e. The quantitative estimate of drug-likeness (QED) is 0.328. The molecule has 0 heterocycles. The lowest BCUT2D eigenvalue weighted by Crippen LogP contribution is -2.35. The zero-order valence-electron chi connectivity index (χ0n) is 11.9. The van der Waals surface area contributed by atoms with E-state index >= 15 is 0 Å². The van der Waals surface area contributed by atoms with Crippen LogP contribution in [0.25, 0.3) is 0 Å². The van der Waals surface area contributed by atoms with Crippen LogP contribution < -0.4 is 10.6 Å². The van der Waals surface area contributed by atoms with Crippen LogP contribution in [0.2, 0.25) is 0 Å². The Labute approximate surface area is 118 Å². The third-order valence-electron chi connectivity index (χ3n) is 2.22. The molecule has 0 rings (SSSR count). The highest BCUT2D eigenvalue weighted by Crippen LogP contribution is 1.82. The van der Waals surface area contributed by atoms with E-state index in [1.54, 1.807) is 0 Å². The zero-order valence-corrected chi connectivity index (χ0v) is 11.9. The lowest BCUT2D eigenvalue weighted by atomic mass is 10.4. The average Bonchev–Trinajstić information content (AvgIpc) is 2.39. The summed E-state index contributed by atoms with van der Waals surface area (Å²) in [5.41, 5.74) is 0. The van der Waals surface area contributed by atoms with Gasteiger partial charge in [-0.2, -0.15) is 0 Å². The molecule has 0 saturated heterocycles. The van der Waals surface area contributed by atoms with E-state index in [4.69, 9.17) is 19.7 Å². The number of nitrogens with one attached hydrogen (secondary N) is 2. The molecule has 0 radical (unpaired) electrons. The molecule has 8 heteroatoms. The van der Waals surface area contributed by atoms with E-state index in [1.165, 1.54) is 13.8 Å². The van der Waals surface area contributed by atoms with Gasteiger partial charge in [-0.3, -0.25) is 9.59 Å². The molecule has 2 atom stereocenters. The molecule has 0 bridgehead atoms. The van der Waals surface area contributed by atoms with Crippen LogP contribution in [-0.4, -0.2) is 73.8 Å². The first kappa shape index (κ1) is 18.8. The number of carbonyl (C=O) groups excluding carboxylic acids is 2. The molecule has 20 heavy (non-hydrogen) atoms. The zero-order chi connectivity index (χ0) is 15.4. The fraction of sp³-hybridized carbons (Fsp3) is 0.833. The van der Waals surface area contributed by atoms with Crippen molar-refractivity contribution in [3.8, 4) is 0 Å². The SMILES string of the molecule is C[C@@H](O)C(=O)NCCOCCOCCNC(=O)[C@@H](C)O. The topological polar surface area (TPSA) is 117 Å². The summed E-state index contributed by atoms with van der Waals surface area (Å²) in [7, 11) is 0. The van der Waals surface area contributed by atoms with Crippen LogP contribution in [0.4, 0.5) is 0 Å². The summed E-state index contributed by atoms with van der Waals surface area (Å²) in [5, 5.41) is 22.8. The summed E-state index contributed by atoms with van der Waals surface area (Å²) in [6, 6.07) is 0. The van der Waals surface area contributed by atoms with E-state index in [9.17, 15) is 9.59 Å². The van der Waals surface area contributed by atoms with Crippen molar-refractivity contribution in [3.63, 3.8) is 0 Å². The van der Waals surface area contributed by atoms with E-state index < -0.39 is 24.0 Å². The van der Waals surface area contributed by atoms with Crippen molar-refractivity contribution in [1.82, 2.24) is 10.6 Å². The van der Waals surface area contributed by atoms with Crippen molar-refractivity contribution in [3.05, 3.63) is 0 Å². The van der Waals surface area contributed by atoms with Gasteiger partial charge in [0.25, 0.3) is 0 Å². The Kier molecular flexibility index (Phi) is 10.9. The van der Waals surface area contributed by atoms with Crippen LogP contribution >= 0.6 is 0 Å². The third-order valence-corrected chi connectivity index (χ3v) is 2.22. The molecule has 2 amide bonds. The molecular weight excluding hydrogens is 268 g/mol. The van der Waals surface area contributed by atoms with Crippen LogP contribution in [0.3, 0.4) is 0 Å². The second kappa shape index (κ2) is 11.6. The number of hydrogen-bond acceptors (Lipinski definition) is 6. The van der Waals surface area contributed by atoms with Crippen molar-refractivity contribution in [1.29, 1.82) is 0 Å². The minimum absolute atomic E-state index is 0.328. The van der Waals surface area contributed by atoms with Crippen molar-refractivity contribution in [2.75, 3.05) is 39.5 Å². The van der Waals surface area contributed by atoms with Crippen LogP contribution in [0.1, 0.15) is 13.8 Å². The van der Waals surface area contributed by atoms with Gasteiger partial charge in [-0.05, 0) is 13.8 Å². The summed E-state index contributed by atoms with van der Waals surface area (Å²) in [6.45, 7) is 4.84. The first-order valence-electron chi connectivity index (χ1n) is 6.52. The number of aliphatic hydroxyl groups excluding tert-OH is 2. The molecule has 0 spiro atoms. The lowest BCUT2D eigenvalue weighted by molar-refractivity contribution is -0.129. The minimum atomic E-state index is -1.02. The van der Waals surface area contributed by atoms with Crippen LogP contribution in [-0.2, 0) is 19.1 Å². The van der Waals surface area contributed by atoms with Gasteiger partial charge >= 0.3 is 0 Å². The first-order chi connectivity index (χ1) is 9.45. The van der Waals surface area contributed by atoms with Gasteiger partial charge in [0.2, 0.25) is 11.8 Å². The molecule has 8 nitrogen and oxygen atoms in total. The third kappa shape index (κ3) is 10.7. The monoisotopic (exact) mass is 292 g/mol. The number of hydrogen-bond donors (Lipinski definition) is 4. The molecule has 0 aromatic carbocycles. The van der Waals surface area contributed by atoms with E-state index in [-0.39, 0.29) is 0 Å². The van der Waals surface area contributed by atoms with E-state index in [1.807, 2.05) is 0 Å². The maximum atomic E-state index is 11.0. The molecule has 0 fully saturated rings. The predicted molar refractivity (Wildman–Crippen MR) is 71.0 cm³/mol. The highest BCUT2D eigenvalue weighted by molar-refractivity contribution is 5.80. The molecule has 0 saturated carbocycles. The molecule has 4 N–H and O–H groups in total. The summed E-state index contributed by atoms with van der Waals surface area (Å²) in [6.07, 6.45) is -2.04. The fourth-order valence-corrected chi connectivity index (χ4v) is 1.11. The number of rotatable bonds is 11. The Morgan fingerprint density at radius 2 is 1.20 bits per heavy atom. The van der Waals surface area contributed by atoms with Gasteiger partial charge in [-0.15, -0.1) is 0 Å². The Hall–Kier alpha value is -1.22. The predicted octanol–water partition coefficient (Wildman–Crippen LogP) is -1.99. The second-order valence-corrected chi connectivity index (χ2v) is 4.16. The van der Waals surface area contributed by atoms with Gasteiger partial charge in [0.15, 0.2) is 0 Å². The van der Waals surface area contributed by atoms with Gasteiger partial charge in [0.1, 0.15) is 12.2 Å². The average molecular weight is 292 g/mol. The maximum Gasteiger partial charge on any atom is 0.248 e. The molecule has 0 unspecified atom stereocenters. The summed E-state index contributed by atoms with van der Waals surface area (Å²) >= 11 is 0. The standard InChI is InChI=1S/C12H24N2O6/c1-9(15)11(17)13-3-5-19-7-8-20-6-4-14-12(18)10(2)16/h9-10,15-16H,3-8H2,1-2H3,(H,13,17)(H,14,18)/t9-,10-/m1/s1. The van der Waals surface area contributed by atoms with E-state index in [0.717, 1.165) is 0 Å². The highest BCUT2D eigenvalue weighted by Gasteiger charge is 2.07. The van der Waals surface area contributed by atoms with Crippen molar-refractivity contribution in [2.45, 2.75) is 26.1 Å². The van der Waals surface area contributed by atoms with Crippen molar-refractivity contribution in [2.24, 2.45) is 0 Å². The largest absolute Gasteiger partial charge is 0.384 e. The Balaban J connectivity index is 3.21. The maximum absolute atomic E-state index is 11.0. The van der Waals surface area contributed by atoms with Gasteiger partial charge in [0.05, 0.1) is 26.4 Å². The summed E-state index contributed by atoms with van der Waals surface area (Å²) in [5.74, 6) is -0.864. The van der Waals surface area contributed by atoms with Crippen LogP contribution in [0, 0.1) is 0 Å². The molecule has 0 aliphatic carbocycles. The van der Waals surface area contributed by atoms with Gasteiger partial charge in [-0.1, -0.05) is 0 Å². The van der Waals surface area contributed by atoms with Crippen LogP contribution in [0.5, 0.6) is 0 Å². The van der Waals surface area contributed by atoms with Crippen molar-refractivity contribution < 1.29 is 29.3 Å². The Morgan fingerprint density at radius 1 is 0.850 bits per heavy atom. The molecule has 118 valence electrons. The van der Waals surface area contributed by atoms with Crippen LogP contribution in [0.15, 0.2) is 0 Å². The molecule has 0 aromatic heterocycles. The first-order valence-corrected chi connectivity index (χ1v) is 6.52. The van der Waals surface area contributed by atoms with Gasteiger partial charge < -0.3 is 30.3 Å². The molecule has 0 aliphatic heterocycles. The molecular formula is C12H24N2O6. The highest BCUT2D eigenvalue weighted by atomic mass is 16.5. The Morgan fingerprint density at radius 3 is 1.50 bits per heavy atom. The van der Waals surface area contributed by atoms with Crippen molar-refractivity contribution >= 4 is 11.8 Å². The summed E-state index contributed by atoms with van der Waals surface area (Å²) in [4.78, 5) is 21.9. The number of aliphatic hydroxyl groups is 2.